The molecule has 2 heteroatoms. The van der Waals surface area contributed by atoms with E-state index in [4.69, 9.17) is 0 Å². The Labute approximate surface area is 93.1 Å². The van der Waals surface area contributed by atoms with Gasteiger partial charge in [0, 0.05) is 12.7 Å². The van der Waals surface area contributed by atoms with Crippen molar-refractivity contribution in [3.8, 4) is 0 Å². The van der Waals surface area contributed by atoms with Crippen molar-refractivity contribution in [3.63, 3.8) is 0 Å². The Kier molecular flexibility index (Phi) is 3.72. The van der Waals surface area contributed by atoms with E-state index >= 15 is 0 Å². The van der Waals surface area contributed by atoms with Crippen molar-refractivity contribution in [3.05, 3.63) is 23.9 Å². The molecule has 1 unspecified atom stereocenters. The number of rotatable bonds is 3. The Morgan fingerprint density at radius 2 is 2.00 bits per heavy atom. The average Bonchev–Trinajstić information content (AvgIpc) is 2.15. The molecule has 0 aromatic carbocycles. The molecule has 0 fully saturated rings. The van der Waals surface area contributed by atoms with E-state index in [0.717, 1.165) is 12.4 Å². The summed E-state index contributed by atoms with van der Waals surface area (Å²) < 4.78 is 0. The van der Waals surface area contributed by atoms with Crippen LogP contribution in [0.15, 0.2) is 18.3 Å². The largest absolute Gasteiger partial charge is 0.370 e. The highest BCUT2D eigenvalue weighted by molar-refractivity contribution is 5.35. The van der Waals surface area contributed by atoms with E-state index in [9.17, 15) is 0 Å². The molecule has 0 radical (unpaired) electrons. The second-order valence-corrected chi connectivity index (χ2v) is 5.37. The second-order valence-electron chi connectivity index (χ2n) is 5.37. The standard InChI is InChI=1S/C13H22N2/c1-10-6-7-12(14-8-10)15-9-11(2)13(3,4)5/h6-8,11H,9H2,1-5H3,(H,14,15). The zero-order chi connectivity index (χ0) is 11.5. The van der Waals surface area contributed by atoms with Gasteiger partial charge in [-0.25, -0.2) is 4.98 Å². The minimum absolute atomic E-state index is 0.345. The van der Waals surface area contributed by atoms with Crippen LogP contribution in [0.4, 0.5) is 5.82 Å². The fourth-order valence-corrected chi connectivity index (χ4v) is 1.14. The van der Waals surface area contributed by atoms with Gasteiger partial charge in [-0.15, -0.1) is 0 Å². The van der Waals surface area contributed by atoms with Crippen molar-refractivity contribution in [1.29, 1.82) is 0 Å². The Hall–Kier alpha value is -1.05. The summed E-state index contributed by atoms with van der Waals surface area (Å²) in [5, 5.41) is 3.37. The van der Waals surface area contributed by atoms with E-state index in [1.807, 2.05) is 12.3 Å². The van der Waals surface area contributed by atoms with Crippen molar-refractivity contribution in [1.82, 2.24) is 4.98 Å². The highest BCUT2D eigenvalue weighted by Gasteiger charge is 2.19. The molecule has 0 amide bonds. The van der Waals surface area contributed by atoms with Gasteiger partial charge in [-0.05, 0) is 29.9 Å². The minimum Gasteiger partial charge on any atom is -0.370 e. The Morgan fingerprint density at radius 1 is 1.33 bits per heavy atom. The third-order valence-electron chi connectivity index (χ3n) is 2.98. The number of nitrogens with one attached hydrogen (secondary N) is 1. The topological polar surface area (TPSA) is 24.9 Å². The molecule has 1 atom stereocenters. The lowest BCUT2D eigenvalue weighted by Gasteiger charge is -2.27. The summed E-state index contributed by atoms with van der Waals surface area (Å²) in [6.07, 6.45) is 1.89. The summed E-state index contributed by atoms with van der Waals surface area (Å²) >= 11 is 0. The van der Waals surface area contributed by atoms with E-state index in [2.05, 4.69) is 51.0 Å². The third-order valence-corrected chi connectivity index (χ3v) is 2.98. The maximum Gasteiger partial charge on any atom is 0.125 e. The van der Waals surface area contributed by atoms with Crippen LogP contribution < -0.4 is 5.32 Å². The summed E-state index contributed by atoms with van der Waals surface area (Å²) in [6, 6.07) is 4.11. The lowest BCUT2D eigenvalue weighted by atomic mass is 9.82. The Bertz CT molecular complexity index is 295. The maximum absolute atomic E-state index is 4.32. The van der Waals surface area contributed by atoms with Gasteiger partial charge in [-0.3, -0.25) is 0 Å². The zero-order valence-electron chi connectivity index (χ0n) is 10.5. The summed E-state index contributed by atoms with van der Waals surface area (Å²) in [5.41, 5.74) is 1.54. The molecule has 84 valence electrons. The highest BCUT2D eigenvalue weighted by atomic mass is 15.0. The second kappa shape index (κ2) is 4.65. The van der Waals surface area contributed by atoms with Crippen molar-refractivity contribution >= 4 is 5.82 Å². The van der Waals surface area contributed by atoms with E-state index in [1.165, 1.54) is 5.56 Å². The van der Waals surface area contributed by atoms with Crippen molar-refractivity contribution in [2.24, 2.45) is 11.3 Å². The molecule has 2 nitrogen and oxygen atoms in total. The molecule has 15 heavy (non-hydrogen) atoms. The molecule has 0 aliphatic heterocycles. The van der Waals surface area contributed by atoms with Crippen LogP contribution in [0.3, 0.4) is 0 Å². The first kappa shape index (κ1) is 12.0. The predicted octanol–water partition coefficient (Wildman–Crippen LogP) is 3.48. The van der Waals surface area contributed by atoms with Gasteiger partial charge in [0.05, 0.1) is 0 Å². The zero-order valence-corrected chi connectivity index (χ0v) is 10.5. The molecule has 1 heterocycles. The van der Waals surface area contributed by atoms with E-state index in [1.54, 1.807) is 0 Å². The molecule has 0 aliphatic carbocycles. The Balaban J connectivity index is 2.47. The fraction of sp³-hybridized carbons (Fsp3) is 0.615. The van der Waals surface area contributed by atoms with Gasteiger partial charge in [-0.2, -0.15) is 0 Å². The van der Waals surface area contributed by atoms with E-state index in [-0.39, 0.29) is 0 Å². The number of pyridine rings is 1. The van der Waals surface area contributed by atoms with Crippen LogP contribution in [0.2, 0.25) is 0 Å². The number of hydrogen-bond acceptors (Lipinski definition) is 2. The van der Waals surface area contributed by atoms with Gasteiger partial charge in [0.15, 0.2) is 0 Å². The molecule has 1 N–H and O–H groups in total. The van der Waals surface area contributed by atoms with Crippen LogP contribution in [0.25, 0.3) is 0 Å². The van der Waals surface area contributed by atoms with Gasteiger partial charge < -0.3 is 5.32 Å². The molecule has 0 bridgehead atoms. The van der Waals surface area contributed by atoms with Crippen LogP contribution in [0.5, 0.6) is 0 Å². The number of aryl methyl sites for hydroxylation is 1. The molecule has 1 aromatic heterocycles. The van der Waals surface area contributed by atoms with Gasteiger partial charge in [0.2, 0.25) is 0 Å². The van der Waals surface area contributed by atoms with Crippen molar-refractivity contribution < 1.29 is 0 Å². The van der Waals surface area contributed by atoms with Crippen LogP contribution in [-0.2, 0) is 0 Å². The summed E-state index contributed by atoms with van der Waals surface area (Å²) in [4.78, 5) is 4.32. The van der Waals surface area contributed by atoms with Gasteiger partial charge in [0.25, 0.3) is 0 Å². The SMILES string of the molecule is Cc1ccc(NCC(C)C(C)(C)C)nc1. The average molecular weight is 206 g/mol. The van der Waals surface area contributed by atoms with Gasteiger partial charge >= 0.3 is 0 Å². The first-order valence-electron chi connectivity index (χ1n) is 5.56. The molecule has 0 saturated carbocycles. The number of nitrogens with zero attached hydrogens (tertiary/aromatic N) is 1. The van der Waals surface area contributed by atoms with Crippen LogP contribution >= 0.6 is 0 Å². The van der Waals surface area contributed by atoms with Crippen LogP contribution in [-0.4, -0.2) is 11.5 Å². The molecule has 1 rings (SSSR count). The number of aromatic nitrogens is 1. The summed E-state index contributed by atoms with van der Waals surface area (Å²) in [7, 11) is 0. The molecular weight excluding hydrogens is 184 g/mol. The van der Waals surface area contributed by atoms with Crippen molar-refractivity contribution in [2.45, 2.75) is 34.6 Å². The quantitative estimate of drug-likeness (QED) is 0.819. The summed E-state index contributed by atoms with van der Waals surface area (Å²) in [5.74, 6) is 1.59. The van der Waals surface area contributed by atoms with Crippen LogP contribution in [0.1, 0.15) is 33.3 Å². The molecule has 0 saturated heterocycles. The Morgan fingerprint density at radius 3 is 2.47 bits per heavy atom. The highest BCUT2D eigenvalue weighted by Crippen LogP contribution is 2.25. The number of hydrogen-bond donors (Lipinski definition) is 1. The van der Waals surface area contributed by atoms with E-state index in [0.29, 0.717) is 11.3 Å². The minimum atomic E-state index is 0.345. The van der Waals surface area contributed by atoms with Crippen molar-refractivity contribution in [2.75, 3.05) is 11.9 Å². The maximum atomic E-state index is 4.32. The molecule has 0 aliphatic rings. The first-order chi connectivity index (χ1) is 6.89. The monoisotopic (exact) mass is 206 g/mol. The van der Waals surface area contributed by atoms with Gasteiger partial charge in [0.1, 0.15) is 5.82 Å². The number of anilines is 1. The lowest BCUT2D eigenvalue weighted by Crippen LogP contribution is -2.25. The third kappa shape index (κ3) is 3.90. The lowest BCUT2D eigenvalue weighted by molar-refractivity contribution is 0.274. The first-order valence-corrected chi connectivity index (χ1v) is 5.56. The van der Waals surface area contributed by atoms with E-state index < -0.39 is 0 Å². The smallest absolute Gasteiger partial charge is 0.125 e. The van der Waals surface area contributed by atoms with Gasteiger partial charge in [-0.1, -0.05) is 33.8 Å². The normalized spacial score (nSPS) is 13.7. The van der Waals surface area contributed by atoms with Crippen LogP contribution in [0, 0.1) is 18.3 Å². The summed E-state index contributed by atoms with van der Waals surface area (Å²) in [6.45, 7) is 12.1. The molecular formula is C13H22N2. The molecule has 1 aromatic rings. The fourth-order valence-electron chi connectivity index (χ4n) is 1.14. The molecule has 0 spiro atoms. The predicted molar refractivity (Wildman–Crippen MR) is 66.1 cm³/mol.